The van der Waals surface area contributed by atoms with Gasteiger partial charge in [0.25, 0.3) is 0 Å². The molecule has 0 aromatic carbocycles. The first-order valence-electron chi connectivity index (χ1n) is 8.37. The van der Waals surface area contributed by atoms with Crippen LogP contribution in [0.1, 0.15) is 0 Å². The van der Waals surface area contributed by atoms with Crippen molar-refractivity contribution in [3.05, 3.63) is 23.7 Å². The van der Waals surface area contributed by atoms with E-state index < -0.39 is 0 Å². The van der Waals surface area contributed by atoms with E-state index in [4.69, 9.17) is 0 Å². The van der Waals surface area contributed by atoms with Crippen LogP contribution < -0.4 is 5.46 Å². The van der Waals surface area contributed by atoms with Crippen molar-refractivity contribution in [2.24, 2.45) is 0 Å². The van der Waals surface area contributed by atoms with Gasteiger partial charge in [-0.2, -0.15) is 0 Å². The molecule has 30 heavy (non-hydrogen) atoms. The molecule has 0 saturated heterocycles. The second kappa shape index (κ2) is 7.55. The van der Waals surface area contributed by atoms with Crippen LogP contribution in [0.5, 0.6) is 10.1 Å². The van der Waals surface area contributed by atoms with Crippen molar-refractivity contribution < 1.29 is 10.2 Å². The molecule has 0 spiro atoms. The molecule has 0 aliphatic rings. The molecule has 0 amide bonds. The zero-order chi connectivity index (χ0) is 20.9. The fourth-order valence-electron chi connectivity index (χ4n) is 3.39. The molecule has 0 radical (unpaired) electrons. The average Bonchev–Trinajstić information content (AvgIpc) is 3.47. The minimum atomic E-state index is 0.359. The maximum Gasteiger partial charge on any atom is 0.172 e. The van der Waals surface area contributed by atoms with Crippen molar-refractivity contribution in [3.8, 4) is 29.6 Å². The van der Waals surface area contributed by atoms with Crippen molar-refractivity contribution in [1.82, 2.24) is 0 Å². The van der Waals surface area contributed by atoms with Gasteiger partial charge in [-0.15, -0.1) is 45.3 Å². The predicted molar refractivity (Wildman–Crippen MR) is 162 cm³/mol. The smallest absolute Gasteiger partial charge is 0.172 e. The first-order chi connectivity index (χ1) is 14.3. The van der Waals surface area contributed by atoms with Crippen molar-refractivity contribution in [1.29, 1.82) is 0 Å². The third-order valence-electron chi connectivity index (χ3n) is 4.69. The van der Waals surface area contributed by atoms with Gasteiger partial charge in [-0.25, -0.2) is 0 Å². The number of hydrogen-bond acceptors (Lipinski definition) is 8. The van der Waals surface area contributed by atoms with Crippen LogP contribution in [0.25, 0.3) is 47.7 Å². The minimum absolute atomic E-state index is 0.359. The Morgan fingerprint density at radius 3 is 1.67 bits per heavy atom. The monoisotopic (exact) mass is 790 g/mol. The molecule has 6 rings (SSSR count). The Kier molecular flexibility index (Phi) is 5.32. The van der Waals surface area contributed by atoms with Crippen LogP contribution in [0, 0.1) is 7.14 Å². The maximum atomic E-state index is 9.93. The molecular formula is C18H6BBrI2O2S6. The zero-order valence-electron chi connectivity index (χ0n) is 14.6. The van der Waals surface area contributed by atoms with Gasteiger partial charge in [0.05, 0.1) is 42.6 Å². The van der Waals surface area contributed by atoms with Crippen molar-refractivity contribution in [2.75, 3.05) is 0 Å². The zero-order valence-corrected chi connectivity index (χ0v) is 25.4. The number of hydrogen-bond donors (Lipinski definition) is 2. The molecule has 0 saturated carbocycles. The van der Waals surface area contributed by atoms with Gasteiger partial charge in [0, 0.05) is 28.9 Å². The highest BCUT2D eigenvalue weighted by Crippen LogP contribution is 2.56. The molecule has 2 N–H and O–H groups in total. The summed E-state index contributed by atoms with van der Waals surface area (Å²) in [6.07, 6.45) is 0. The second-order valence-electron chi connectivity index (χ2n) is 6.50. The Morgan fingerprint density at radius 2 is 1.10 bits per heavy atom. The van der Waals surface area contributed by atoms with E-state index in [9.17, 15) is 10.2 Å². The van der Waals surface area contributed by atoms with E-state index in [1.54, 1.807) is 0 Å². The van der Waals surface area contributed by atoms with Crippen LogP contribution in [0.15, 0.2) is 16.6 Å². The average molecular weight is 791 g/mol. The molecule has 0 unspecified atom stereocenters. The molecule has 0 aliphatic heterocycles. The summed E-state index contributed by atoms with van der Waals surface area (Å²) in [7, 11) is 2.20. The van der Waals surface area contributed by atoms with Gasteiger partial charge < -0.3 is 10.2 Å². The predicted octanol–water partition coefficient (Wildman–Crippen LogP) is 8.49. The number of thiophene rings is 6. The fraction of sp³-hybridized carbons (Fsp3) is 0. The summed E-state index contributed by atoms with van der Waals surface area (Å²) >= 11 is 18.7. The molecule has 2 nitrogen and oxygen atoms in total. The van der Waals surface area contributed by atoms with Gasteiger partial charge in [-0.1, -0.05) is 28.1 Å². The lowest BCUT2D eigenvalue weighted by Gasteiger charge is -1.96. The van der Waals surface area contributed by atoms with Crippen molar-refractivity contribution in [2.45, 2.75) is 0 Å². The molecular weight excluding hydrogens is 785 g/mol. The maximum absolute atomic E-state index is 9.93. The largest absolute Gasteiger partial charge is 0.499 e. The summed E-state index contributed by atoms with van der Waals surface area (Å²) in [4.78, 5) is 4.77. The molecule has 12 heteroatoms. The van der Waals surface area contributed by atoms with Crippen LogP contribution >= 0.6 is 129 Å². The van der Waals surface area contributed by atoms with Crippen LogP contribution in [-0.2, 0) is 0 Å². The number of fused-ring (bicyclic) bond motifs is 5. The second-order valence-corrected chi connectivity index (χ2v) is 15.8. The third-order valence-corrected chi connectivity index (χ3v) is 16.4. The highest BCUT2D eigenvalue weighted by Gasteiger charge is 2.25. The van der Waals surface area contributed by atoms with E-state index in [1.165, 1.54) is 71.0 Å². The summed E-state index contributed by atoms with van der Waals surface area (Å²) in [5.41, 5.74) is 1.31. The molecule has 0 bridgehead atoms. The van der Waals surface area contributed by atoms with E-state index in [0.717, 1.165) is 16.5 Å². The number of aromatic hydroxyl groups is 2. The molecule has 6 aromatic rings. The summed E-state index contributed by atoms with van der Waals surface area (Å²) in [6.45, 7) is 0. The van der Waals surface area contributed by atoms with Crippen LogP contribution in [0.2, 0.25) is 0 Å². The first-order valence-corrected chi connectivity index (χ1v) is 16.2. The Bertz CT molecular complexity index is 1510. The normalized spacial score (nSPS) is 12.2. The summed E-state index contributed by atoms with van der Waals surface area (Å²) < 4.78 is 11.4. The quantitative estimate of drug-likeness (QED) is 0.137. The van der Waals surface area contributed by atoms with Crippen LogP contribution in [0.4, 0.5) is 0 Å². The van der Waals surface area contributed by atoms with E-state index in [0.29, 0.717) is 10.1 Å². The third kappa shape index (κ3) is 3.04. The molecule has 6 heterocycles. The molecule has 0 aliphatic carbocycles. The van der Waals surface area contributed by atoms with E-state index in [1.807, 2.05) is 57.5 Å². The van der Waals surface area contributed by atoms with Gasteiger partial charge in [-0.3, -0.25) is 0 Å². The fourth-order valence-corrected chi connectivity index (χ4v) is 14.9. The highest BCUT2D eigenvalue weighted by molar-refractivity contribution is 14.1. The molecule has 6 aromatic heterocycles. The Hall–Kier alpha value is 0.585. The van der Waals surface area contributed by atoms with Crippen molar-refractivity contribution >= 4 is 171 Å². The number of halogens is 3. The Balaban J connectivity index is 1.60. The van der Waals surface area contributed by atoms with Crippen LogP contribution in [-0.4, -0.2) is 18.1 Å². The lowest BCUT2D eigenvalue weighted by atomic mass is 9.96. The van der Waals surface area contributed by atoms with Gasteiger partial charge in [-0.05, 0) is 61.1 Å². The summed E-state index contributed by atoms with van der Waals surface area (Å²) in [5.74, 6) is 0. The lowest BCUT2D eigenvalue weighted by molar-refractivity contribution is 0.490. The standard InChI is InChI=1S/C18H6BBrI2O2S6/c19-7-11(9-3(21)1-5(23)25-9)27-15-12(7)28-18-16-14(30-17(15)18)8(20)13(29-16)10-4(22)2-6(24)26-10/h1-2,23-24H,19H2. The molecule has 0 atom stereocenters. The van der Waals surface area contributed by atoms with E-state index >= 15 is 0 Å². The summed E-state index contributed by atoms with van der Waals surface area (Å²) in [5, 5.41) is 20.6. The van der Waals surface area contributed by atoms with Crippen LogP contribution in [0.3, 0.4) is 0 Å². The van der Waals surface area contributed by atoms with Gasteiger partial charge >= 0.3 is 0 Å². The van der Waals surface area contributed by atoms with Gasteiger partial charge in [0.15, 0.2) is 10.1 Å². The van der Waals surface area contributed by atoms with E-state index in [2.05, 4.69) is 69.0 Å². The molecule has 0 fully saturated rings. The lowest BCUT2D eigenvalue weighted by Crippen LogP contribution is -2.00. The molecule has 150 valence electrons. The van der Waals surface area contributed by atoms with Gasteiger partial charge in [0.1, 0.15) is 7.85 Å². The SMILES string of the molecule is Bc1c(-c2sc(O)cc2I)sc2c1sc1c3sc(-c4sc(O)cc4I)c(Br)c3sc21. The van der Waals surface area contributed by atoms with Crippen molar-refractivity contribution in [3.63, 3.8) is 0 Å². The topological polar surface area (TPSA) is 40.5 Å². The minimum Gasteiger partial charge on any atom is -0.499 e. The Labute approximate surface area is 231 Å². The van der Waals surface area contributed by atoms with Gasteiger partial charge in [0.2, 0.25) is 0 Å². The van der Waals surface area contributed by atoms with E-state index in [-0.39, 0.29) is 0 Å². The highest BCUT2D eigenvalue weighted by atomic mass is 127. The number of rotatable bonds is 2. The Morgan fingerprint density at radius 1 is 0.633 bits per heavy atom. The first kappa shape index (κ1) is 21.1. The summed E-state index contributed by atoms with van der Waals surface area (Å²) in [6, 6.07) is 3.67.